The molecule has 0 unspecified atom stereocenters. The molecule has 1 amide bonds. The van der Waals surface area contributed by atoms with Gasteiger partial charge < -0.3 is 20.3 Å². The van der Waals surface area contributed by atoms with E-state index in [2.05, 4.69) is 22.1 Å². The van der Waals surface area contributed by atoms with Crippen LogP contribution in [-0.2, 0) is 9.53 Å². The summed E-state index contributed by atoms with van der Waals surface area (Å²) in [6.07, 6.45) is 1.96. The Kier molecular flexibility index (Phi) is 2.87. The molecule has 0 aliphatic carbocycles. The maximum Gasteiger partial charge on any atom is 0.248 e. The Bertz CT molecular complexity index is 351. The quantitative estimate of drug-likeness (QED) is 0.673. The minimum Gasteiger partial charge on any atom is -0.382 e. The molecular weight excluding hydrogens is 206 g/mol. The first kappa shape index (κ1) is 11.0. The number of rotatable bonds is 3. The number of carbonyl (C=O) groups excluding carboxylic acids is 1. The topological polar surface area (TPSA) is 53.6 Å². The SMILES string of the molecule is C=C1N[C@@H]2CN1[C@H](COC)C=C2C(=O)NC. The van der Waals surface area contributed by atoms with Gasteiger partial charge >= 0.3 is 0 Å². The van der Waals surface area contributed by atoms with Crippen LogP contribution in [0.15, 0.2) is 24.0 Å². The summed E-state index contributed by atoms with van der Waals surface area (Å²) in [4.78, 5) is 13.8. The summed E-state index contributed by atoms with van der Waals surface area (Å²) in [5.74, 6) is 0.829. The van der Waals surface area contributed by atoms with Crippen molar-refractivity contribution >= 4 is 5.91 Å². The van der Waals surface area contributed by atoms with Gasteiger partial charge in [0, 0.05) is 26.3 Å². The number of methoxy groups -OCH3 is 1. The summed E-state index contributed by atoms with van der Waals surface area (Å²) in [6, 6.07) is 0.150. The van der Waals surface area contributed by atoms with Gasteiger partial charge in [-0.15, -0.1) is 0 Å². The van der Waals surface area contributed by atoms with Gasteiger partial charge in [-0.1, -0.05) is 6.58 Å². The van der Waals surface area contributed by atoms with Crippen LogP contribution >= 0.6 is 0 Å². The minimum atomic E-state index is -0.0343. The zero-order chi connectivity index (χ0) is 11.7. The van der Waals surface area contributed by atoms with Crippen molar-refractivity contribution in [1.82, 2.24) is 15.5 Å². The van der Waals surface area contributed by atoms with E-state index < -0.39 is 0 Å². The lowest BCUT2D eigenvalue weighted by molar-refractivity contribution is -0.117. The van der Waals surface area contributed by atoms with Gasteiger partial charge in [0.15, 0.2) is 0 Å². The summed E-state index contributed by atoms with van der Waals surface area (Å²) >= 11 is 0. The van der Waals surface area contributed by atoms with Crippen molar-refractivity contribution in [3.8, 4) is 0 Å². The molecule has 0 aromatic heterocycles. The molecule has 0 radical (unpaired) electrons. The molecule has 0 spiro atoms. The first-order chi connectivity index (χ1) is 7.67. The predicted octanol–water partition coefficient (Wildman–Crippen LogP) is -0.568. The van der Waals surface area contributed by atoms with Crippen LogP contribution < -0.4 is 10.6 Å². The molecule has 5 heteroatoms. The number of ether oxygens (including phenoxy) is 1. The molecular formula is C11H17N3O2. The van der Waals surface area contributed by atoms with Gasteiger partial charge in [-0.25, -0.2) is 0 Å². The predicted molar refractivity (Wildman–Crippen MR) is 60.6 cm³/mol. The molecule has 2 bridgehead atoms. The van der Waals surface area contributed by atoms with Crippen LogP contribution in [0.5, 0.6) is 0 Å². The number of hydrogen-bond donors (Lipinski definition) is 2. The Morgan fingerprint density at radius 1 is 1.81 bits per heavy atom. The summed E-state index contributed by atoms with van der Waals surface area (Å²) in [5.41, 5.74) is 0.777. The van der Waals surface area contributed by atoms with Crippen LogP contribution in [0.2, 0.25) is 0 Å². The highest BCUT2D eigenvalue weighted by molar-refractivity contribution is 5.95. The molecule has 0 saturated carbocycles. The smallest absolute Gasteiger partial charge is 0.248 e. The van der Waals surface area contributed by atoms with Crippen molar-refractivity contribution in [2.24, 2.45) is 0 Å². The van der Waals surface area contributed by atoms with Gasteiger partial charge in [0.2, 0.25) is 5.91 Å². The van der Waals surface area contributed by atoms with Gasteiger partial charge in [-0.05, 0) is 6.08 Å². The molecule has 1 saturated heterocycles. The number of likely N-dealkylation sites (N-methyl/N-ethyl adjacent to an activating group) is 1. The standard InChI is InChI=1S/C11H17N3O2/c1-7-13-10-5-14(7)8(6-16-3)4-9(10)11(15)12-2/h4,8,10,13H,1,5-6H2,2-3H3,(H,12,15)/t8-,10+/m0/s1. The third kappa shape index (κ3) is 1.67. The van der Waals surface area contributed by atoms with E-state index in [9.17, 15) is 4.79 Å². The van der Waals surface area contributed by atoms with E-state index in [0.717, 1.165) is 17.9 Å². The normalized spacial score (nSPS) is 27.5. The van der Waals surface area contributed by atoms with Crippen LogP contribution in [0.1, 0.15) is 0 Å². The van der Waals surface area contributed by atoms with Crippen LogP contribution in [0.4, 0.5) is 0 Å². The van der Waals surface area contributed by atoms with Gasteiger partial charge in [0.1, 0.15) is 0 Å². The average molecular weight is 223 g/mol. The number of amides is 1. The summed E-state index contributed by atoms with van der Waals surface area (Å²) < 4.78 is 5.16. The number of nitrogens with one attached hydrogen (secondary N) is 2. The van der Waals surface area contributed by atoms with Crippen LogP contribution in [0, 0.1) is 0 Å². The molecule has 0 aromatic rings. The molecule has 88 valence electrons. The van der Waals surface area contributed by atoms with E-state index >= 15 is 0 Å². The third-order valence-electron chi connectivity index (χ3n) is 3.04. The van der Waals surface area contributed by atoms with Crippen molar-refractivity contribution in [2.75, 3.05) is 27.3 Å². The fraction of sp³-hybridized carbons (Fsp3) is 0.545. The first-order valence-electron chi connectivity index (χ1n) is 5.32. The number of nitrogens with zero attached hydrogens (tertiary/aromatic N) is 1. The van der Waals surface area contributed by atoms with Gasteiger partial charge in [-0.2, -0.15) is 0 Å². The Hall–Kier alpha value is -1.49. The minimum absolute atomic E-state index is 0.0343. The fourth-order valence-electron chi connectivity index (χ4n) is 2.25. The Labute approximate surface area is 95.1 Å². The maximum atomic E-state index is 11.7. The second-order valence-electron chi connectivity index (χ2n) is 4.02. The molecule has 2 heterocycles. The molecule has 2 rings (SSSR count). The van der Waals surface area contributed by atoms with Crippen LogP contribution in [0.25, 0.3) is 0 Å². The zero-order valence-electron chi connectivity index (χ0n) is 9.62. The van der Waals surface area contributed by atoms with Gasteiger partial charge in [-0.3, -0.25) is 4.79 Å². The van der Waals surface area contributed by atoms with Gasteiger partial charge in [0.05, 0.1) is 24.5 Å². The summed E-state index contributed by atoms with van der Waals surface area (Å²) in [6.45, 7) is 5.29. The molecule has 0 aromatic carbocycles. The fourth-order valence-corrected chi connectivity index (χ4v) is 2.25. The largest absolute Gasteiger partial charge is 0.382 e. The van der Waals surface area contributed by atoms with E-state index in [0.29, 0.717) is 6.61 Å². The van der Waals surface area contributed by atoms with Crippen molar-refractivity contribution < 1.29 is 9.53 Å². The molecule has 1 fully saturated rings. The van der Waals surface area contributed by atoms with E-state index in [4.69, 9.17) is 4.74 Å². The van der Waals surface area contributed by atoms with Crippen molar-refractivity contribution in [1.29, 1.82) is 0 Å². The first-order valence-corrected chi connectivity index (χ1v) is 5.32. The van der Waals surface area contributed by atoms with Crippen molar-refractivity contribution in [2.45, 2.75) is 12.1 Å². The van der Waals surface area contributed by atoms with Gasteiger partial charge in [0.25, 0.3) is 0 Å². The van der Waals surface area contributed by atoms with Crippen LogP contribution in [0.3, 0.4) is 0 Å². The third-order valence-corrected chi connectivity index (χ3v) is 3.04. The lowest BCUT2D eigenvalue weighted by Crippen LogP contribution is -2.42. The zero-order valence-corrected chi connectivity index (χ0v) is 9.62. The van der Waals surface area contributed by atoms with E-state index in [1.54, 1.807) is 14.2 Å². The molecule has 16 heavy (non-hydrogen) atoms. The van der Waals surface area contributed by atoms with E-state index in [1.165, 1.54) is 0 Å². The Morgan fingerprint density at radius 3 is 3.19 bits per heavy atom. The second-order valence-corrected chi connectivity index (χ2v) is 4.02. The maximum absolute atomic E-state index is 11.7. The van der Waals surface area contributed by atoms with E-state index in [1.807, 2.05) is 6.08 Å². The summed E-state index contributed by atoms with van der Waals surface area (Å²) in [5, 5.41) is 5.88. The Balaban J connectivity index is 2.25. The highest BCUT2D eigenvalue weighted by Gasteiger charge is 2.38. The molecule has 5 nitrogen and oxygen atoms in total. The molecule has 2 aliphatic rings. The Morgan fingerprint density at radius 2 is 2.56 bits per heavy atom. The number of hydrogen-bond acceptors (Lipinski definition) is 4. The second kappa shape index (κ2) is 4.17. The van der Waals surface area contributed by atoms with Crippen molar-refractivity contribution in [3.05, 3.63) is 24.0 Å². The highest BCUT2D eigenvalue weighted by atomic mass is 16.5. The average Bonchev–Trinajstić information content (AvgIpc) is 2.60. The lowest BCUT2D eigenvalue weighted by Gasteiger charge is -2.30. The lowest BCUT2D eigenvalue weighted by atomic mass is 9.99. The summed E-state index contributed by atoms with van der Waals surface area (Å²) in [7, 11) is 3.30. The highest BCUT2D eigenvalue weighted by Crippen LogP contribution is 2.26. The molecule has 2 aliphatic heterocycles. The van der Waals surface area contributed by atoms with E-state index in [-0.39, 0.29) is 18.0 Å². The monoisotopic (exact) mass is 223 g/mol. The van der Waals surface area contributed by atoms with Crippen molar-refractivity contribution in [3.63, 3.8) is 0 Å². The molecule has 2 N–H and O–H groups in total. The number of fused-ring (bicyclic) bond motifs is 2. The van der Waals surface area contributed by atoms with Crippen LogP contribution in [-0.4, -0.2) is 50.2 Å². The molecule has 2 atom stereocenters. The number of carbonyl (C=O) groups is 1.